The standard InChI is InChI=1S/C14H21N3S/c1-5-12(6-2)16-17-14(18)15-13-9-7-8-10(3)11(13)4/h7-9H,5-6H2,1-4H3,(H2,15,17,18). The van der Waals surface area contributed by atoms with Gasteiger partial charge in [0.1, 0.15) is 0 Å². The molecule has 0 atom stereocenters. The summed E-state index contributed by atoms with van der Waals surface area (Å²) >= 11 is 5.22. The summed E-state index contributed by atoms with van der Waals surface area (Å²) < 4.78 is 0. The van der Waals surface area contributed by atoms with Crippen molar-refractivity contribution in [2.75, 3.05) is 5.32 Å². The Bertz CT molecular complexity index is 446. The Kier molecular flexibility index (Phi) is 5.78. The van der Waals surface area contributed by atoms with Crippen LogP contribution in [0.5, 0.6) is 0 Å². The van der Waals surface area contributed by atoms with Crippen LogP contribution in [-0.4, -0.2) is 10.8 Å². The fraction of sp³-hybridized carbons (Fsp3) is 0.429. The van der Waals surface area contributed by atoms with Crippen molar-refractivity contribution in [2.45, 2.75) is 40.5 Å². The number of anilines is 1. The Morgan fingerprint density at radius 3 is 2.50 bits per heavy atom. The van der Waals surface area contributed by atoms with Gasteiger partial charge in [-0.05, 0) is 56.1 Å². The lowest BCUT2D eigenvalue weighted by Crippen LogP contribution is -2.25. The van der Waals surface area contributed by atoms with E-state index in [1.165, 1.54) is 11.1 Å². The van der Waals surface area contributed by atoms with E-state index in [1.54, 1.807) is 0 Å². The Morgan fingerprint density at radius 2 is 1.89 bits per heavy atom. The largest absolute Gasteiger partial charge is 0.331 e. The van der Waals surface area contributed by atoms with Gasteiger partial charge in [0.05, 0.1) is 0 Å². The second-order valence-corrected chi connectivity index (χ2v) is 4.61. The van der Waals surface area contributed by atoms with Crippen LogP contribution in [0.2, 0.25) is 0 Å². The number of rotatable bonds is 4. The van der Waals surface area contributed by atoms with Crippen molar-refractivity contribution in [3.05, 3.63) is 29.3 Å². The lowest BCUT2D eigenvalue weighted by atomic mass is 10.1. The Morgan fingerprint density at radius 1 is 1.22 bits per heavy atom. The van der Waals surface area contributed by atoms with Crippen LogP contribution in [0.3, 0.4) is 0 Å². The molecule has 0 aromatic heterocycles. The van der Waals surface area contributed by atoms with Gasteiger partial charge in [-0.25, -0.2) is 0 Å². The third kappa shape index (κ3) is 4.11. The minimum Gasteiger partial charge on any atom is -0.331 e. The molecule has 2 N–H and O–H groups in total. The molecular weight excluding hydrogens is 242 g/mol. The molecule has 0 radical (unpaired) electrons. The quantitative estimate of drug-likeness (QED) is 0.493. The van der Waals surface area contributed by atoms with Crippen molar-refractivity contribution < 1.29 is 0 Å². The van der Waals surface area contributed by atoms with Crippen LogP contribution in [0.1, 0.15) is 37.8 Å². The van der Waals surface area contributed by atoms with E-state index in [0.29, 0.717) is 5.11 Å². The monoisotopic (exact) mass is 263 g/mol. The SMILES string of the molecule is CCC(CC)=NNC(=S)Nc1cccc(C)c1C. The second-order valence-electron chi connectivity index (χ2n) is 4.20. The number of hydrazone groups is 1. The van der Waals surface area contributed by atoms with Gasteiger partial charge in [0.25, 0.3) is 0 Å². The zero-order valence-corrected chi connectivity index (χ0v) is 12.3. The molecule has 1 rings (SSSR count). The van der Waals surface area contributed by atoms with Crippen LogP contribution in [0, 0.1) is 13.8 Å². The van der Waals surface area contributed by atoms with Crippen LogP contribution in [0.25, 0.3) is 0 Å². The lowest BCUT2D eigenvalue weighted by molar-refractivity contribution is 0.991. The van der Waals surface area contributed by atoms with Crippen LogP contribution < -0.4 is 10.7 Å². The molecule has 0 saturated heterocycles. The first-order valence-electron chi connectivity index (χ1n) is 6.27. The summed E-state index contributed by atoms with van der Waals surface area (Å²) in [5, 5.41) is 7.97. The van der Waals surface area contributed by atoms with Crippen molar-refractivity contribution in [1.29, 1.82) is 0 Å². The van der Waals surface area contributed by atoms with Gasteiger partial charge in [-0.15, -0.1) is 0 Å². The van der Waals surface area contributed by atoms with E-state index in [2.05, 4.69) is 49.6 Å². The molecule has 0 bridgehead atoms. The maximum atomic E-state index is 5.22. The maximum Gasteiger partial charge on any atom is 0.191 e. The first kappa shape index (κ1) is 14.6. The van der Waals surface area contributed by atoms with Crippen molar-refractivity contribution in [2.24, 2.45) is 5.10 Å². The molecule has 0 amide bonds. The van der Waals surface area contributed by atoms with Gasteiger partial charge in [0.2, 0.25) is 0 Å². The van der Waals surface area contributed by atoms with Gasteiger partial charge >= 0.3 is 0 Å². The topological polar surface area (TPSA) is 36.4 Å². The molecule has 1 aromatic rings. The maximum absolute atomic E-state index is 5.22. The van der Waals surface area contributed by atoms with Crippen molar-refractivity contribution in [3.8, 4) is 0 Å². The van der Waals surface area contributed by atoms with Gasteiger partial charge in [-0.3, -0.25) is 5.43 Å². The van der Waals surface area contributed by atoms with E-state index in [9.17, 15) is 0 Å². The molecule has 0 heterocycles. The summed E-state index contributed by atoms with van der Waals surface area (Å²) in [6, 6.07) is 6.11. The van der Waals surface area contributed by atoms with Gasteiger partial charge in [-0.2, -0.15) is 5.10 Å². The number of benzene rings is 1. The molecule has 0 unspecified atom stereocenters. The van der Waals surface area contributed by atoms with Crippen LogP contribution in [0.4, 0.5) is 5.69 Å². The number of hydrogen-bond donors (Lipinski definition) is 2. The number of nitrogens with zero attached hydrogens (tertiary/aromatic N) is 1. The molecule has 0 spiro atoms. The van der Waals surface area contributed by atoms with Gasteiger partial charge in [-0.1, -0.05) is 26.0 Å². The van der Waals surface area contributed by atoms with Gasteiger partial charge in [0, 0.05) is 11.4 Å². The van der Waals surface area contributed by atoms with Crippen molar-refractivity contribution >= 4 is 28.7 Å². The molecule has 0 fully saturated rings. The highest BCUT2D eigenvalue weighted by molar-refractivity contribution is 7.80. The predicted octanol–water partition coefficient (Wildman–Crippen LogP) is 3.77. The summed E-state index contributed by atoms with van der Waals surface area (Å²) in [4.78, 5) is 0. The summed E-state index contributed by atoms with van der Waals surface area (Å²) in [6.45, 7) is 8.34. The van der Waals surface area contributed by atoms with Crippen LogP contribution >= 0.6 is 12.2 Å². The molecule has 1 aromatic carbocycles. The average molecular weight is 263 g/mol. The Hall–Kier alpha value is -1.42. The number of hydrogen-bond acceptors (Lipinski definition) is 2. The van der Waals surface area contributed by atoms with Crippen molar-refractivity contribution in [3.63, 3.8) is 0 Å². The number of thiocarbonyl (C=S) groups is 1. The highest BCUT2D eigenvalue weighted by Gasteiger charge is 2.02. The molecule has 0 saturated carbocycles. The average Bonchev–Trinajstić information content (AvgIpc) is 2.36. The highest BCUT2D eigenvalue weighted by atomic mass is 32.1. The first-order valence-corrected chi connectivity index (χ1v) is 6.67. The summed E-state index contributed by atoms with van der Waals surface area (Å²) in [5.74, 6) is 0. The van der Waals surface area contributed by atoms with E-state index in [1.807, 2.05) is 12.1 Å². The molecule has 98 valence electrons. The third-order valence-electron chi connectivity index (χ3n) is 2.98. The molecule has 4 heteroatoms. The van der Waals surface area contributed by atoms with Crippen molar-refractivity contribution in [1.82, 2.24) is 5.43 Å². The molecule has 18 heavy (non-hydrogen) atoms. The van der Waals surface area contributed by atoms with E-state index < -0.39 is 0 Å². The summed E-state index contributed by atoms with van der Waals surface area (Å²) in [7, 11) is 0. The minimum atomic E-state index is 0.531. The second kappa shape index (κ2) is 7.11. The third-order valence-corrected chi connectivity index (χ3v) is 3.18. The van der Waals surface area contributed by atoms with E-state index in [4.69, 9.17) is 12.2 Å². The Balaban J connectivity index is 2.65. The molecule has 0 aliphatic rings. The number of nitrogens with one attached hydrogen (secondary N) is 2. The van der Waals surface area contributed by atoms with Crippen LogP contribution in [-0.2, 0) is 0 Å². The van der Waals surface area contributed by atoms with Gasteiger partial charge < -0.3 is 5.32 Å². The molecule has 0 aliphatic carbocycles. The predicted molar refractivity (Wildman–Crippen MR) is 83.3 cm³/mol. The smallest absolute Gasteiger partial charge is 0.191 e. The summed E-state index contributed by atoms with van der Waals surface area (Å²) in [5.41, 5.74) is 7.47. The fourth-order valence-corrected chi connectivity index (χ4v) is 1.73. The highest BCUT2D eigenvalue weighted by Crippen LogP contribution is 2.17. The normalized spacial score (nSPS) is 9.78. The van der Waals surface area contributed by atoms with E-state index in [0.717, 1.165) is 24.2 Å². The Labute approximate surface area is 115 Å². The van der Waals surface area contributed by atoms with Gasteiger partial charge in [0.15, 0.2) is 5.11 Å². The molecule has 3 nitrogen and oxygen atoms in total. The van der Waals surface area contributed by atoms with Crippen LogP contribution in [0.15, 0.2) is 23.3 Å². The fourth-order valence-electron chi connectivity index (χ4n) is 1.57. The van der Waals surface area contributed by atoms with E-state index >= 15 is 0 Å². The van der Waals surface area contributed by atoms with E-state index in [-0.39, 0.29) is 0 Å². The number of aryl methyl sites for hydroxylation is 1. The molecule has 0 aliphatic heterocycles. The zero-order valence-electron chi connectivity index (χ0n) is 11.5. The zero-order chi connectivity index (χ0) is 13.5. The minimum absolute atomic E-state index is 0.531. The first-order chi connectivity index (χ1) is 8.58. The lowest BCUT2D eigenvalue weighted by Gasteiger charge is -2.12. The summed E-state index contributed by atoms with van der Waals surface area (Å²) in [6.07, 6.45) is 1.88. The molecular formula is C14H21N3S.